The van der Waals surface area contributed by atoms with Crippen LogP contribution in [0.1, 0.15) is 20.3 Å². The first-order valence-corrected chi connectivity index (χ1v) is 7.08. The monoisotopic (exact) mass is 281 g/mol. The predicted octanol–water partition coefficient (Wildman–Crippen LogP) is 3.07. The largest absolute Gasteiger partial charge is 0.242 e. The van der Waals surface area contributed by atoms with Gasteiger partial charge < -0.3 is 0 Å². The van der Waals surface area contributed by atoms with E-state index in [-0.39, 0.29) is 21.0 Å². The van der Waals surface area contributed by atoms with E-state index in [1.807, 2.05) is 6.92 Å². The lowest BCUT2D eigenvalue weighted by Gasteiger charge is -2.13. The zero-order chi connectivity index (χ0) is 12.3. The van der Waals surface area contributed by atoms with Crippen molar-refractivity contribution in [2.45, 2.75) is 31.2 Å². The van der Waals surface area contributed by atoms with Gasteiger partial charge in [-0.15, -0.1) is 0 Å². The second-order valence-corrected chi connectivity index (χ2v) is 5.95. The Morgan fingerprint density at radius 3 is 2.56 bits per heavy atom. The molecular formula is C10H13Cl2NO2S. The maximum absolute atomic E-state index is 11.9. The summed E-state index contributed by atoms with van der Waals surface area (Å²) in [5.74, 6) is 0. The average molecular weight is 282 g/mol. The normalized spacial score (nSPS) is 13.8. The van der Waals surface area contributed by atoms with E-state index in [1.54, 1.807) is 19.1 Å². The lowest BCUT2D eigenvalue weighted by Crippen LogP contribution is -2.32. The van der Waals surface area contributed by atoms with Crippen molar-refractivity contribution in [1.29, 1.82) is 0 Å². The zero-order valence-corrected chi connectivity index (χ0v) is 11.3. The van der Waals surface area contributed by atoms with E-state index in [1.165, 1.54) is 6.07 Å². The quantitative estimate of drug-likeness (QED) is 0.922. The molecule has 0 aliphatic heterocycles. The molecule has 1 atom stereocenters. The van der Waals surface area contributed by atoms with Gasteiger partial charge in [-0.3, -0.25) is 0 Å². The molecule has 0 heterocycles. The summed E-state index contributed by atoms with van der Waals surface area (Å²) >= 11 is 11.6. The number of halogens is 2. The molecule has 0 saturated heterocycles. The molecule has 1 rings (SSSR count). The van der Waals surface area contributed by atoms with Gasteiger partial charge in [0.2, 0.25) is 10.0 Å². The van der Waals surface area contributed by atoms with Crippen molar-refractivity contribution < 1.29 is 8.42 Å². The minimum Gasteiger partial charge on any atom is -0.208 e. The first-order valence-electron chi connectivity index (χ1n) is 4.84. The van der Waals surface area contributed by atoms with Gasteiger partial charge in [0, 0.05) is 6.04 Å². The van der Waals surface area contributed by atoms with Crippen molar-refractivity contribution in [3.05, 3.63) is 28.2 Å². The molecule has 0 aliphatic carbocycles. The molecule has 0 aromatic heterocycles. The van der Waals surface area contributed by atoms with Crippen molar-refractivity contribution in [3.8, 4) is 0 Å². The van der Waals surface area contributed by atoms with Crippen LogP contribution in [0.15, 0.2) is 23.1 Å². The highest BCUT2D eigenvalue weighted by atomic mass is 35.5. The van der Waals surface area contributed by atoms with Crippen LogP contribution in [0, 0.1) is 0 Å². The van der Waals surface area contributed by atoms with Crippen molar-refractivity contribution in [2.24, 2.45) is 0 Å². The van der Waals surface area contributed by atoms with Crippen LogP contribution in [0.25, 0.3) is 0 Å². The van der Waals surface area contributed by atoms with E-state index in [2.05, 4.69) is 4.72 Å². The number of rotatable bonds is 4. The second-order valence-electron chi connectivity index (χ2n) is 3.48. The van der Waals surface area contributed by atoms with Crippen LogP contribution in [-0.4, -0.2) is 14.5 Å². The van der Waals surface area contributed by atoms with Crippen LogP contribution < -0.4 is 4.72 Å². The Morgan fingerprint density at radius 2 is 2.00 bits per heavy atom. The molecule has 0 aliphatic rings. The van der Waals surface area contributed by atoms with Gasteiger partial charge in [0.15, 0.2) is 0 Å². The van der Waals surface area contributed by atoms with Gasteiger partial charge in [-0.2, -0.15) is 0 Å². The molecule has 0 bridgehead atoms. The summed E-state index contributed by atoms with van der Waals surface area (Å²) in [7, 11) is -3.59. The van der Waals surface area contributed by atoms with Gasteiger partial charge in [0.25, 0.3) is 0 Å². The third kappa shape index (κ3) is 3.10. The van der Waals surface area contributed by atoms with Crippen molar-refractivity contribution in [3.63, 3.8) is 0 Å². The molecule has 16 heavy (non-hydrogen) atoms. The number of nitrogens with one attached hydrogen (secondary N) is 1. The van der Waals surface area contributed by atoms with Gasteiger partial charge in [0.1, 0.15) is 4.90 Å². The molecular weight excluding hydrogens is 269 g/mol. The summed E-state index contributed by atoms with van der Waals surface area (Å²) in [6, 6.07) is 4.39. The van der Waals surface area contributed by atoms with E-state index in [0.717, 1.165) is 0 Å². The van der Waals surface area contributed by atoms with Crippen LogP contribution in [-0.2, 0) is 10.0 Å². The number of hydrogen-bond acceptors (Lipinski definition) is 2. The first kappa shape index (κ1) is 13.8. The number of benzene rings is 1. The number of hydrogen-bond donors (Lipinski definition) is 1. The summed E-state index contributed by atoms with van der Waals surface area (Å²) in [5, 5.41) is 0.286. The summed E-state index contributed by atoms with van der Waals surface area (Å²) in [6.45, 7) is 3.68. The molecule has 0 spiro atoms. The Balaban J connectivity index is 3.13. The van der Waals surface area contributed by atoms with Gasteiger partial charge >= 0.3 is 0 Å². The summed E-state index contributed by atoms with van der Waals surface area (Å²) in [5.41, 5.74) is 0. The molecule has 6 heteroatoms. The fourth-order valence-electron chi connectivity index (χ4n) is 1.10. The van der Waals surface area contributed by atoms with E-state index in [4.69, 9.17) is 23.2 Å². The molecule has 1 N–H and O–H groups in total. The molecule has 1 aromatic rings. The fraction of sp³-hybridized carbons (Fsp3) is 0.400. The van der Waals surface area contributed by atoms with Gasteiger partial charge in [-0.25, -0.2) is 13.1 Å². The molecule has 1 aromatic carbocycles. The smallest absolute Gasteiger partial charge is 0.208 e. The van der Waals surface area contributed by atoms with Crippen LogP contribution in [0.5, 0.6) is 0 Å². The van der Waals surface area contributed by atoms with Crippen molar-refractivity contribution in [2.75, 3.05) is 0 Å². The van der Waals surface area contributed by atoms with Crippen LogP contribution in [0.2, 0.25) is 10.0 Å². The van der Waals surface area contributed by atoms with Crippen LogP contribution in [0.3, 0.4) is 0 Å². The Bertz CT molecular complexity index is 474. The lowest BCUT2D eigenvalue weighted by molar-refractivity contribution is 0.556. The molecule has 3 nitrogen and oxygen atoms in total. The maximum atomic E-state index is 11.9. The molecule has 0 unspecified atom stereocenters. The minimum absolute atomic E-state index is 0.0157. The Kier molecular flexibility index (Phi) is 4.62. The summed E-state index contributed by atoms with van der Waals surface area (Å²) in [4.78, 5) is 0.0157. The van der Waals surface area contributed by atoms with E-state index >= 15 is 0 Å². The van der Waals surface area contributed by atoms with E-state index in [9.17, 15) is 8.42 Å². The summed E-state index contributed by atoms with van der Waals surface area (Å²) < 4.78 is 26.4. The van der Waals surface area contributed by atoms with Crippen LogP contribution >= 0.6 is 23.2 Å². The molecule has 0 radical (unpaired) electrons. The molecule has 0 fully saturated rings. The summed E-state index contributed by atoms with van der Waals surface area (Å²) in [6.07, 6.45) is 0.706. The zero-order valence-electron chi connectivity index (χ0n) is 9.00. The van der Waals surface area contributed by atoms with E-state index < -0.39 is 10.0 Å². The maximum Gasteiger partial charge on any atom is 0.242 e. The fourth-order valence-corrected chi connectivity index (χ4v) is 3.19. The SMILES string of the molecule is CC[C@H](C)NS(=O)(=O)c1cccc(Cl)c1Cl. The third-order valence-electron chi connectivity index (χ3n) is 2.17. The molecule has 90 valence electrons. The topological polar surface area (TPSA) is 46.2 Å². The van der Waals surface area contributed by atoms with Gasteiger partial charge in [-0.1, -0.05) is 36.2 Å². The minimum atomic E-state index is -3.59. The average Bonchev–Trinajstić information content (AvgIpc) is 2.21. The van der Waals surface area contributed by atoms with Crippen LogP contribution in [0.4, 0.5) is 0 Å². The van der Waals surface area contributed by atoms with Crippen molar-refractivity contribution in [1.82, 2.24) is 4.72 Å². The highest BCUT2D eigenvalue weighted by Crippen LogP contribution is 2.28. The Morgan fingerprint density at radius 1 is 1.38 bits per heavy atom. The lowest BCUT2D eigenvalue weighted by atomic mass is 10.3. The molecule has 0 amide bonds. The van der Waals surface area contributed by atoms with Gasteiger partial charge in [0.05, 0.1) is 10.0 Å². The Hall–Kier alpha value is -0.290. The molecule has 0 saturated carbocycles. The first-order chi connectivity index (χ1) is 7.38. The van der Waals surface area contributed by atoms with E-state index in [0.29, 0.717) is 6.42 Å². The predicted molar refractivity (Wildman–Crippen MR) is 66.5 cm³/mol. The van der Waals surface area contributed by atoms with Gasteiger partial charge in [-0.05, 0) is 25.5 Å². The number of sulfonamides is 1. The Labute approximate surface area is 106 Å². The highest BCUT2D eigenvalue weighted by molar-refractivity contribution is 7.89. The standard InChI is InChI=1S/C10H13Cl2NO2S/c1-3-7(2)13-16(14,15)9-6-4-5-8(11)10(9)12/h4-7,13H,3H2,1-2H3/t7-/m0/s1. The second kappa shape index (κ2) is 5.36. The third-order valence-corrected chi connectivity index (χ3v) is 4.74. The van der Waals surface area contributed by atoms with Crippen molar-refractivity contribution >= 4 is 33.2 Å². The highest BCUT2D eigenvalue weighted by Gasteiger charge is 2.20.